The number of aromatic nitrogens is 3. The van der Waals surface area contributed by atoms with E-state index in [0.717, 1.165) is 70.3 Å². The zero-order valence-corrected chi connectivity index (χ0v) is 20.3. The first-order valence-electron chi connectivity index (χ1n) is 12.5. The first-order chi connectivity index (χ1) is 16.9. The Kier molecular flexibility index (Phi) is 8.90. The van der Waals surface area contributed by atoms with E-state index in [4.69, 9.17) is 9.47 Å². The molecular formula is C25H35F2N5O3. The molecule has 0 saturated heterocycles. The Hall–Kier alpha value is -2.75. The van der Waals surface area contributed by atoms with Gasteiger partial charge in [0.2, 0.25) is 5.88 Å². The van der Waals surface area contributed by atoms with Gasteiger partial charge in [0, 0.05) is 44.4 Å². The van der Waals surface area contributed by atoms with Crippen molar-refractivity contribution >= 4 is 5.91 Å². The van der Waals surface area contributed by atoms with E-state index in [2.05, 4.69) is 20.3 Å². The molecule has 4 rings (SSSR count). The van der Waals surface area contributed by atoms with Crippen LogP contribution < -0.4 is 14.8 Å². The number of carbonyl (C=O) groups is 1. The topological polar surface area (TPSA) is 81.5 Å². The summed E-state index contributed by atoms with van der Waals surface area (Å²) in [6, 6.07) is 3.87. The van der Waals surface area contributed by atoms with E-state index in [1.54, 1.807) is 30.2 Å². The van der Waals surface area contributed by atoms with E-state index in [9.17, 15) is 13.6 Å². The number of alkyl halides is 2. The molecule has 8 nitrogen and oxygen atoms in total. The minimum atomic E-state index is -2.50. The fraction of sp³-hybridized carbons (Fsp3) is 0.640. The van der Waals surface area contributed by atoms with Gasteiger partial charge in [0.15, 0.2) is 19.0 Å². The van der Waals surface area contributed by atoms with Gasteiger partial charge < -0.3 is 19.7 Å². The number of ether oxygens (including phenoxy) is 2. The minimum Gasteiger partial charge on any atom is -0.480 e. The van der Waals surface area contributed by atoms with E-state index in [1.807, 2.05) is 6.07 Å². The van der Waals surface area contributed by atoms with Crippen LogP contribution in [-0.4, -0.2) is 70.9 Å². The lowest BCUT2D eigenvalue weighted by molar-refractivity contribution is -0.124. The second-order valence-corrected chi connectivity index (χ2v) is 9.51. The third-order valence-corrected chi connectivity index (χ3v) is 6.88. The molecule has 0 atom stereocenters. The summed E-state index contributed by atoms with van der Waals surface area (Å²) in [7, 11) is 1.81. The molecule has 1 saturated carbocycles. The molecule has 1 N–H and O–H groups in total. The third-order valence-electron chi connectivity index (χ3n) is 6.88. The summed E-state index contributed by atoms with van der Waals surface area (Å²) in [5.41, 5.74) is 2.14. The van der Waals surface area contributed by atoms with Gasteiger partial charge in [-0.15, -0.1) is 0 Å². The number of aryl methyl sites for hydroxylation is 1. The van der Waals surface area contributed by atoms with Crippen LogP contribution >= 0.6 is 0 Å². The predicted molar refractivity (Wildman–Crippen MR) is 127 cm³/mol. The SMILES string of the molecule is Cn1cc(OCC(=O)NC2CCC(CCN3CCc4ccc(OCC(F)F)nc4CC3)CC2)cn1. The first kappa shape index (κ1) is 25.3. The van der Waals surface area contributed by atoms with Crippen molar-refractivity contribution in [3.8, 4) is 11.6 Å². The number of carbonyl (C=O) groups excluding carboxylic acids is 1. The van der Waals surface area contributed by atoms with Crippen LogP contribution in [0, 0.1) is 5.92 Å². The highest BCUT2D eigenvalue weighted by Gasteiger charge is 2.24. The maximum absolute atomic E-state index is 12.4. The van der Waals surface area contributed by atoms with Crippen LogP contribution in [0.25, 0.3) is 0 Å². The quantitative estimate of drug-likeness (QED) is 0.550. The molecule has 3 heterocycles. The lowest BCUT2D eigenvalue weighted by Crippen LogP contribution is -2.40. The summed E-state index contributed by atoms with van der Waals surface area (Å²) in [6.45, 7) is 2.33. The fourth-order valence-electron chi connectivity index (χ4n) is 4.91. The largest absolute Gasteiger partial charge is 0.480 e. The summed E-state index contributed by atoms with van der Waals surface area (Å²) < 4.78 is 37.0. The molecule has 2 aromatic rings. The van der Waals surface area contributed by atoms with E-state index in [0.29, 0.717) is 11.7 Å². The Morgan fingerprint density at radius 1 is 1.17 bits per heavy atom. The van der Waals surface area contributed by atoms with Crippen LogP contribution in [0.15, 0.2) is 24.5 Å². The molecule has 10 heteroatoms. The van der Waals surface area contributed by atoms with Gasteiger partial charge in [0.1, 0.15) is 0 Å². The van der Waals surface area contributed by atoms with Crippen molar-refractivity contribution in [3.63, 3.8) is 0 Å². The van der Waals surface area contributed by atoms with Gasteiger partial charge in [-0.05, 0) is 56.6 Å². The Bertz CT molecular complexity index is 962. The zero-order valence-electron chi connectivity index (χ0n) is 20.3. The van der Waals surface area contributed by atoms with Crippen LogP contribution in [-0.2, 0) is 24.7 Å². The van der Waals surface area contributed by atoms with Gasteiger partial charge >= 0.3 is 0 Å². The van der Waals surface area contributed by atoms with Gasteiger partial charge in [-0.1, -0.05) is 6.07 Å². The van der Waals surface area contributed by atoms with Crippen molar-refractivity contribution in [2.75, 3.05) is 32.8 Å². The first-order valence-corrected chi connectivity index (χ1v) is 12.5. The van der Waals surface area contributed by atoms with Crippen molar-refractivity contribution in [1.82, 2.24) is 25.0 Å². The zero-order chi connectivity index (χ0) is 24.6. The smallest absolute Gasteiger partial charge is 0.272 e. The van der Waals surface area contributed by atoms with Crippen molar-refractivity contribution in [1.29, 1.82) is 0 Å². The van der Waals surface area contributed by atoms with Crippen LogP contribution in [0.1, 0.15) is 43.4 Å². The highest BCUT2D eigenvalue weighted by Crippen LogP contribution is 2.27. The highest BCUT2D eigenvalue weighted by molar-refractivity contribution is 5.77. The second kappa shape index (κ2) is 12.3. The molecule has 35 heavy (non-hydrogen) atoms. The maximum atomic E-state index is 12.4. The molecule has 0 radical (unpaired) electrons. The second-order valence-electron chi connectivity index (χ2n) is 9.51. The summed E-state index contributed by atoms with van der Waals surface area (Å²) >= 11 is 0. The molecule has 2 aromatic heterocycles. The van der Waals surface area contributed by atoms with Crippen LogP contribution in [0.5, 0.6) is 11.6 Å². The average molecular weight is 492 g/mol. The van der Waals surface area contributed by atoms with Gasteiger partial charge in [-0.2, -0.15) is 5.10 Å². The molecule has 0 unspecified atom stereocenters. The molecule has 1 fully saturated rings. The molecule has 2 aliphatic rings. The van der Waals surface area contributed by atoms with Gasteiger partial charge in [-0.3, -0.25) is 9.48 Å². The molecule has 0 bridgehead atoms. The monoisotopic (exact) mass is 491 g/mol. The van der Waals surface area contributed by atoms with Gasteiger partial charge in [0.05, 0.1) is 12.4 Å². The number of nitrogens with zero attached hydrogens (tertiary/aromatic N) is 4. The fourth-order valence-corrected chi connectivity index (χ4v) is 4.91. The normalized spacial score (nSPS) is 20.8. The predicted octanol–water partition coefficient (Wildman–Crippen LogP) is 3.00. The number of rotatable bonds is 10. The van der Waals surface area contributed by atoms with Crippen LogP contribution in [0.3, 0.4) is 0 Å². The Balaban J connectivity index is 1.13. The lowest BCUT2D eigenvalue weighted by atomic mass is 9.84. The molecule has 1 aliphatic heterocycles. The molecule has 1 amide bonds. The number of amides is 1. The summed E-state index contributed by atoms with van der Waals surface area (Å²) in [6.07, 6.45) is 7.95. The third kappa shape index (κ3) is 7.88. The van der Waals surface area contributed by atoms with E-state index >= 15 is 0 Å². The lowest BCUT2D eigenvalue weighted by Gasteiger charge is -2.30. The average Bonchev–Trinajstić information content (AvgIpc) is 3.16. The van der Waals surface area contributed by atoms with Crippen molar-refractivity contribution < 1.29 is 23.0 Å². The Morgan fingerprint density at radius 3 is 2.71 bits per heavy atom. The summed E-state index contributed by atoms with van der Waals surface area (Å²) in [5, 5.41) is 7.13. The van der Waals surface area contributed by atoms with E-state index in [1.165, 1.54) is 5.56 Å². The van der Waals surface area contributed by atoms with Crippen LogP contribution in [0.2, 0.25) is 0 Å². The number of hydrogen-bond donors (Lipinski definition) is 1. The van der Waals surface area contributed by atoms with Gasteiger partial charge in [0.25, 0.3) is 12.3 Å². The number of fused-ring (bicyclic) bond motifs is 1. The minimum absolute atomic E-state index is 0.0116. The maximum Gasteiger partial charge on any atom is 0.272 e. The molecule has 0 spiro atoms. The van der Waals surface area contributed by atoms with Crippen molar-refractivity contribution in [2.24, 2.45) is 13.0 Å². The summed E-state index contributed by atoms with van der Waals surface area (Å²) in [4.78, 5) is 19.1. The van der Waals surface area contributed by atoms with Crippen LogP contribution in [0.4, 0.5) is 8.78 Å². The van der Waals surface area contributed by atoms with Crippen molar-refractivity contribution in [2.45, 2.75) is 57.4 Å². The van der Waals surface area contributed by atoms with Gasteiger partial charge in [-0.25, -0.2) is 13.8 Å². The number of halogens is 2. The van der Waals surface area contributed by atoms with E-state index in [-0.39, 0.29) is 24.4 Å². The number of pyridine rings is 1. The number of hydrogen-bond acceptors (Lipinski definition) is 6. The number of nitrogens with one attached hydrogen (secondary N) is 1. The molecule has 192 valence electrons. The highest BCUT2D eigenvalue weighted by atomic mass is 19.3. The van der Waals surface area contributed by atoms with E-state index < -0.39 is 13.0 Å². The standard InChI is InChI=1S/C25H35F2N5O3/c1-31-15-21(14-28-31)34-17-24(33)29-20-5-2-18(3-6-20)8-11-32-12-9-19-4-7-25(35-16-23(26)27)30-22(19)10-13-32/h4,7,14-15,18,20,23H,2-3,5-6,8-13,16-17H2,1H3,(H,29,33). The summed E-state index contributed by atoms with van der Waals surface area (Å²) in [5.74, 6) is 1.47. The van der Waals surface area contributed by atoms with Crippen molar-refractivity contribution in [3.05, 3.63) is 35.8 Å². The molecule has 0 aromatic carbocycles. The Morgan fingerprint density at radius 2 is 1.97 bits per heavy atom. The molecule has 1 aliphatic carbocycles. The molecular weight excluding hydrogens is 456 g/mol. The Labute approximate surface area is 205 Å².